The van der Waals surface area contributed by atoms with E-state index in [1.165, 1.54) is 0 Å². The molecular weight excluding hydrogens is 272 g/mol. The van der Waals surface area contributed by atoms with Gasteiger partial charge in [-0.1, -0.05) is 26.0 Å². The molecule has 1 aromatic rings. The molecule has 0 heterocycles. The summed E-state index contributed by atoms with van der Waals surface area (Å²) in [5.74, 6) is 0.172. The summed E-state index contributed by atoms with van der Waals surface area (Å²) in [5, 5.41) is 3.38. The van der Waals surface area contributed by atoms with Crippen molar-refractivity contribution in [1.82, 2.24) is 0 Å². The lowest BCUT2D eigenvalue weighted by Gasteiger charge is -2.31. The van der Waals surface area contributed by atoms with Crippen molar-refractivity contribution in [2.24, 2.45) is 5.73 Å². The Morgan fingerprint density at radius 2 is 1.90 bits per heavy atom. The lowest BCUT2D eigenvalue weighted by atomic mass is 9.94. The molecule has 4 nitrogen and oxygen atoms in total. The van der Waals surface area contributed by atoms with E-state index in [-0.39, 0.29) is 11.3 Å². The number of sulfone groups is 1. The van der Waals surface area contributed by atoms with Crippen molar-refractivity contribution in [2.75, 3.05) is 17.6 Å². The first-order valence-electron chi connectivity index (χ1n) is 7.18. The van der Waals surface area contributed by atoms with Gasteiger partial charge in [-0.05, 0) is 44.9 Å². The molecule has 0 aromatic heterocycles. The molecule has 0 radical (unpaired) electrons. The molecule has 1 atom stereocenters. The number of rotatable bonds is 8. The molecule has 0 fully saturated rings. The predicted octanol–water partition coefficient (Wildman–Crippen LogP) is 2.80. The highest BCUT2D eigenvalue weighted by Gasteiger charge is 2.24. The molecule has 20 heavy (non-hydrogen) atoms. The first-order chi connectivity index (χ1) is 9.38. The summed E-state index contributed by atoms with van der Waals surface area (Å²) in [5.41, 5.74) is 6.15. The minimum atomic E-state index is -3.23. The fraction of sp³-hybridized carbons (Fsp3) is 0.600. The quantitative estimate of drug-likeness (QED) is 0.774. The first-order valence-corrected chi connectivity index (χ1v) is 8.84. The number of para-hydroxylation sites is 1. The second-order valence-corrected chi connectivity index (χ2v) is 7.47. The monoisotopic (exact) mass is 298 g/mol. The number of hydrogen-bond donors (Lipinski definition) is 2. The Bertz CT molecular complexity index is 528. The van der Waals surface area contributed by atoms with Crippen LogP contribution in [0.1, 0.15) is 40.0 Å². The summed E-state index contributed by atoms with van der Waals surface area (Å²) < 4.78 is 24.6. The summed E-state index contributed by atoms with van der Waals surface area (Å²) in [7, 11) is -3.23. The van der Waals surface area contributed by atoms with Gasteiger partial charge in [-0.25, -0.2) is 8.42 Å². The normalized spacial score (nSPS) is 14.8. The lowest BCUT2D eigenvalue weighted by molar-refractivity contribution is 0.462. The van der Waals surface area contributed by atoms with Crippen LogP contribution in [0.3, 0.4) is 0 Å². The van der Waals surface area contributed by atoms with E-state index >= 15 is 0 Å². The highest BCUT2D eigenvalue weighted by Crippen LogP contribution is 2.28. The van der Waals surface area contributed by atoms with Gasteiger partial charge in [-0.3, -0.25) is 0 Å². The third kappa shape index (κ3) is 4.21. The number of anilines is 1. The summed E-state index contributed by atoms with van der Waals surface area (Å²) in [6.07, 6.45) is 2.29. The van der Waals surface area contributed by atoms with Crippen molar-refractivity contribution in [3.8, 4) is 0 Å². The molecular formula is C15H26N2O2S. The second kappa shape index (κ2) is 7.09. The van der Waals surface area contributed by atoms with Gasteiger partial charge in [-0.15, -0.1) is 0 Å². The molecule has 3 N–H and O–H groups in total. The highest BCUT2D eigenvalue weighted by atomic mass is 32.2. The largest absolute Gasteiger partial charge is 0.379 e. The number of hydrogen-bond acceptors (Lipinski definition) is 4. The standard InChI is InChI=1S/C15H26N2O2S/c1-4-12-20(18,19)14-9-7-6-8-13(14)17-15(3,5-2)10-11-16/h6-9,17H,4-5,10-12,16H2,1-3H3. The maximum absolute atomic E-state index is 12.3. The molecule has 1 aromatic carbocycles. The van der Waals surface area contributed by atoms with Crippen LogP contribution in [0.25, 0.3) is 0 Å². The van der Waals surface area contributed by atoms with Crippen molar-refractivity contribution in [1.29, 1.82) is 0 Å². The van der Waals surface area contributed by atoms with Gasteiger partial charge in [-0.2, -0.15) is 0 Å². The van der Waals surface area contributed by atoms with Crippen LogP contribution in [0, 0.1) is 0 Å². The summed E-state index contributed by atoms with van der Waals surface area (Å²) in [6.45, 7) is 6.59. The summed E-state index contributed by atoms with van der Waals surface area (Å²) in [4.78, 5) is 0.388. The minimum absolute atomic E-state index is 0.172. The molecule has 0 saturated heterocycles. The molecule has 1 unspecified atom stereocenters. The van der Waals surface area contributed by atoms with Gasteiger partial charge in [0, 0.05) is 5.54 Å². The Morgan fingerprint density at radius 3 is 2.45 bits per heavy atom. The molecule has 0 spiro atoms. The zero-order valence-corrected chi connectivity index (χ0v) is 13.5. The van der Waals surface area contributed by atoms with E-state index in [4.69, 9.17) is 5.73 Å². The van der Waals surface area contributed by atoms with Crippen molar-refractivity contribution >= 4 is 15.5 Å². The van der Waals surface area contributed by atoms with E-state index in [0.29, 0.717) is 23.5 Å². The third-order valence-corrected chi connectivity index (χ3v) is 5.58. The van der Waals surface area contributed by atoms with Crippen LogP contribution in [-0.2, 0) is 9.84 Å². The van der Waals surface area contributed by atoms with Gasteiger partial charge in [0.25, 0.3) is 0 Å². The van der Waals surface area contributed by atoms with E-state index in [0.717, 1.165) is 12.8 Å². The van der Waals surface area contributed by atoms with Gasteiger partial charge >= 0.3 is 0 Å². The zero-order chi connectivity index (χ0) is 15.2. The van der Waals surface area contributed by atoms with Crippen LogP contribution < -0.4 is 11.1 Å². The molecule has 0 aliphatic carbocycles. The predicted molar refractivity (Wildman–Crippen MR) is 84.8 cm³/mol. The van der Waals surface area contributed by atoms with Crippen molar-refractivity contribution in [3.63, 3.8) is 0 Å². The molecule has 0 amide bonds. The van der Waals surface area contributed by atoms with Crippen LogP contribution in [0.4, 0.5) is 5.69 Å². The van der Waals surface area contributed by atoms with Crippen LogP contribution in [0.2, 0.25) is 0 Å². The molecule has 114 valence electrons. The number of nitrogens with two attached hydrogens (primary N) is 1. The van der Waals surface area contributed by atoms with Crippen molar-refractivity contribution < 1.29 is 8.42 Å². The Hall–Kier alpha value is -1.07. The average Bonchev–Trinajstić information content (AvgIpc) is 2.39. The van der Waals surface area contributed by atoms with Gasteiger partial charge < -0.3 is 11.1 Å². The molecule has 5 heteroatoms. The minimum Gasteiger partial charge on any atom is -0.379 e. The Kier molecular flexibility index (Phi) is 6.02. The van der Waals surface area contributed by atoms with Gasteiger partial charge in [0.2, 0.25) is 0 Å². The molecule has 1 rings (SSSR count). The van der Waals surface area contributed by atoms with E-state index in [9.17, 15) is 8.42 Å². The molecule has 0 bridgehead atoms. The smallest absolute Gasteiger partial charge is 0.180 e. The number of nitrogens with one attached hydrogen (secondary N) is 1. The van der Waals surface area contributed by atoms with Gasteiger partial charge in [0.05, 0.1) is 16.3 Å². The maximum atomic E-state index is 12.3. The Balaban J connectivity index is 3.14. The third-order valence-electron chi connectivity index (χ3n) is 3.61. The van der Waals surface area contributed by atoms with Gasteiger partial charge in [0.15, 0.2) is 9.84 Å². The average molecular weight is 298 g/mol. The van der Waals surface area contributed by atoms with E-state index in [2.05, 4.69) is 19.2 Å². The van der Waals surface area contributed by atoms with Crippen LogP contribution in [0.5, 0.6) is 0 Å². The SMILES string of the molecule is CCCS(=O)(=O)c1ccccc1NC(C)(CC)CCN. The zero-order valence-electron chi connectivity index (χ0n) is 12.6. The summed E-state index contributed by atoms with van der Waals surface area (Å²) >= 11 is 0. The van der Waals surface area contributed by atoms with Crippen molar-refractivity contribution in [3.05, 3.63) is 24.3 Å². The van der Waals surface area contributed by atoms with Crippen LogP contribution in [0.15, 0.2) is 29.2 Å². The van der Waals surface area contributed by atoms with E-state index in [1.54, 1.807) is 12.1 Å². The van der Waals surface area contributed by atoms with Gasteiger partial charge in [0.1, 0.15) is 0 Å². The maximum Gasteiger partial charge on any atom is 0.180 e. The number of benzene rings is 1. The summed E-state index contributed by atoms with van der Waals surface area (Å²) in [6, 6.07) is 7.12. The van der Waals surface area contributed by atoms with Crippen molar-refractivity contribution in [2.45, 2.75) is 50.5 Å². The Labute approximate surface area is 122 Å². The fourth-order valence-electron chi connectivity index (χ4n) is 2.19. The lowest BCUT2D eigenvalue weighted by Crippen LogP contribution is -2.36. The van der Waals surface area contributed by atoms with Crippen LogP contribution in [-0.4, -0.2) is 26.3 Å². The molecule has 0 aliphatic heterocycles. The van der Waals surface area contributed by atoms with Crippen LogP contribution >= 0.6 is 0 Å². The first kappa shape index (κ1) is 17.0. The fourth-order valence-corrected chi connectivity index (χ4v) is 3.69. The molecule has 0 aliphatic rings. The van der Waals surface area contributed by atoms with E-state index in [1.807, 2.05) is 19.1 Å². The topological polar surface area (TPSA) is 72.2 Å². The second-order valence-electron chi connectivity index (χ2n) is 5.39. The Morgan fingerprint density at radius 1 is 1.25 bits per heavy atom. The molecule has 0 saturated carbocycles. The van der Waals surface area contributed by atoms with E-state index < -0.39 is 9.84 Å². The highest BCUT2D eigenvalue weighted by molar-refractivity contribution is 7.91.